The molecule has 5 nitrogen and oxygen atoms in total. The molecule has 0 bridgehead atoms. The number of nitrogens with zero attached hydrogens (tertiary/aromatic N) is 2. The molecule has 1 N–H and O–H groups in total. The summed E-state index contributed by atoms with van der Waals surface area (Å²) in [6, 6.07) is 7.78. The molecule has 0 saturated heterocycles. The minimum Gasteiger partial charge on any atom is -0.493 e. The Morgan fingerprint density at radius 2 is 1.90 bits per heavy atom. The second kappa shape index (κ2) is 7.77. The summed E-state index contributed by atoms with van der Waals surface area (Å²) < 4.78 is 49.0. The highest BCUT2D eigenvalue weighted by Crippen LogP contribution is 2.37. The second-order valence-corrected chi connectivity index (χ2v) is 7.00. The number of ether oxygens (including phenoxy) is 2. The van der Waals surface area contributed by atoms with E-state index in [1.807, 2.05) is 18.3 Å². The van der Waals surface area contributed by atoms with Gasteiger partial charge in [0.05, 0.1) is 30.3 Å². The van der Waals surface area contributed by atoms with Crippen LogP contribution >= 0.6 is 0 Å². The lowest BCUT2D eigenvalue weighted by Crippen LogP contribution is -2.10. The number of aromatic amines is 1. The van der Waals surface area contributed by atoms with Crippen molar-refractivity contribution in [1.29, 1.82) is 0 Å². The van der Waals surface area contributed by atoms with Crippen LogP contribution in [0.5, 0.6) is 11.5 Å². The van der Waals surface area contributed by atoms with Crippen LogP contribution in [0, 0.1) is 0 Å². The van der Waals surface area contributed by atoms with E-state index in [-0.39, 0.29) is 6.61 Å². The zero-order chi connectivity index (χ0) is 20.4. The molecule has 152 valence electrons. The largest absolute Gasteiger partial charge is 0.493 e. The molecule has 8 heteroatoms. The number of aromatic nitrogens is 3. The summed E-state index contributed by atoms with van der Waals surface area (Å²) in [6.07, 6.45) is 1.79. The summed E-state index contributed by atoms with van der Waals surface area (Å²) >= 11 is 0. The van der Waals surface area contributed by atoms with Crippen LogP contribution in [-0.4, -0.2) is 22.1 Å². The Hall–Kier alpha value is -3.03. The fourth-order valence-electron chi connectivity index (χ4n) is 3.16. The van der Waals surface area contributed by atoms with Crippen LogP contribution in [0.3, 0.4) is 0 Å². The maximum atomic E-state index is 12.6. The van der Waals surface area contributed by atoms with E-state index in [1.165, 1.54) is 32.4 Å². The molecule has 2 aromatic heterocycles. The van der Waals surface area contributed by atoms with E-state index >= 15 is 0 Å². The molecule has 1 aromatic carbocycles. The smallest absolute Gasteiger partial charge is 0.417 e. The van der Waals surface area contributed by atoms with Crippen molar-refractivity contribution in [1.82, 2.24) is 15.0 Å². The molecule has 1 aliphatic carbocycles. The topological polar surface area (TPSA) is 60.0 Å². The molecule has 0 amide bonds. The maximum Gasteiger partial charge on any atom is 0.417 e. The van der Waals surface area contributed by atoms with Gasteiger partial charge in [-0.25, -0.2) is 4.98 Å². The second-order valence-electron chi connectivity index (χ2n) is 7.00. The monoisotopic (exact) mass is 403 g/mol. The number of rotatable bonds is 6. The van der Waals surface area contributed by atoms with Gasteiger partial charge in [-0.2, -0.15) is 13.2 Å². The molecule has 0 atom stereocenters. The third-order valence-electron chi connectivity index (χ3n) is 5.09. The van der Waals surface area contributed by atoms with Gasteiger partial charge < -0.3 is 14.5 Å². The standard InChI is InChI=1S/C21H20F3N3O2/c1-28-19-9-14(17-11-26-20(27-17)13-3-2-4-13)5-8-18(19)29-12-16-7-6-15(10-25-16)21(22,23)24/h5-11,13H,2-4,12H2,1H3,(H,26,27). The average molecular weight is 403 g/mol. The van der Waals surface area contributed by atoms with Crippen molar-refractivity contribution in [2.75, 3.05) is 7.11 Å². The molecule has 0 radical (unpaired) electrons. The molecule has 2 heterocycles. The summed E-state index contributed by atoms with van der Waals surface area (Å²) in [7, 11) is 1.54. The van der Waals surface area contributed by atoms with Crippen molar-refractivity contribution < 1.29 is 22.6 Å². The zero-order valence-electron chi connectivity index (χ0n) is 15.8. The molecule has 1 aliphatic rings. The fraction of sp³-hybridized carbons (Fsp3) is 0.333. The molecule has 0 aliphatic heterocycles. The Morgan fingerprint density at radius 1 is 1.07 bits per heavy atom. The molecule has 0 spiro atoms. The lowest BCUT2D eigenvalue weighted by Gasteiger charge is -2.22. The van der Waals surface area contributed by atoms with Crippen molar-refractivity contribution in [3.05, 3.63) is 59.8 Å². The van der Waals surface area contributed by atoms with Crippen LogP contribution in [0.1, 0.15) is 42.3 Å². The number of H-pyrrole nitrogens is 1. The number of hydrogen-bond donors (Lipinski definition) is 1. The predicted molar refractivity (Wildman–Crippen MR) is 101 cm³/mol. The van der Waals surface area contributed by atoms with Crippen LogP contribution in [0.25, 0.3) is 11.3 Å². The highest BCUT2D eigenvalue weighted by atomic mass is 19.4. The number of alkyl halides is 3. The first-order valence-corrected chi connectivity index (χ1v) is 9.32. The van der Waals surface area contributed by atoms with Gasteiger partial charge in [0.15, 0.2) is 11.5 Å². The van der Waals surface area contributed by atoms with Gasteiger partial charge in [-0.05, 0) is 43.2 Å². The minimum absolute atomic E-state index is 0.0315. The Labute approximate surface area is 165 Å². The van der Waals surface area contributed by atoms with Gasteiger partial charge in [-0.15, -0.1) is 0 Å². The highest BCUT2D eigenvalue weighted by Gasteiger charge is 2.30. The average Bonchev–Trinajstić information content (AvgIpc) is 3.14. The van der Waals surface area contributed by atoms with E-state index in [4.69, 9.17) is 9.47 Å². The maximum absolute atomic E-state index is 12.6. The highest BCUT2D eigenvalue weighted by molar-refractivity contribution is 5.63. The Morgan fingerprint density at radius 3 is 2.52 bits per heavy atom. The van der Waals surface area contributed by atoms with Gasteiger partial charge >= 0.3 is 6.18 Å². The summed E-state index contributed by atoms with van der Waals surface area (Å²) in [6.45, 7) is 0.0315. The van der Waals surface area contributed by atoms with Crippen molar-refractivity contribution >= 4 is 0 Å². The predicted octanol–water partition coefficient (Wildman–Crippen LogP) is 5.35. The molecule has 1 saturated carbocycles. The third-order valence-corrected chi connectivity index (χ3v) is 5.09. The van der Waals surface area contributed by atoms with Crippen molar-refractivity contribution in [2.45, 2.75) is 38.0 Å². The molecule has 4 rings (SSSR count). The van der Waals surface area contributed by atoms with Gasteiger partial charge in [0.2, 0.25) is 0 Å². The number of methoxy groups -OCH3 is 1. The SMILES string of the molecule is COc1cc(-c2cnc(C3CCC3)[nH]2)ccc1OCc1ccc(C(F)(F)F)cn1. The van der Waals surface area contributed by atoms with Crippen molar-refractivity contribution in [2.24, 2.45) is 0 Å². The van der Waals surface area contributed by atoms with E-state index < -0.39 is 11.7 Å². The Kier molecular flexibility index (Phi) is 5.17. The third kappa shape index (κ3) is 4.21. The number of halogens is 3. The van der Waals surface area contributed by atoms with Crippen LogP contribution < -0.4 is 9.47 Å². The minimum atomic E-state index is -4.41. The first-order valence-electron chi connectivity index (χ1n) is 9.32. The Balaban J connectivity index is 1.46. The van der Waals surface area contributed by atoms with Gasteiger partial charge in [0, 0.05) is 17.7 Å². The molecule has 0 unspecified atom stereocenters. The summed E-state index contributed by atoms with van der Waals surface area (Å²) in [5.41, 5.74) is 1.42. The van der Waals surface area contributed by atoms with E-state index in [1.54, 1.807) is 6.07 Å². The van der Waals surface area contributed by atoms with E-state index in [9.17, 15) is 13.2 Å². The van der Waals surface area contributed by atoms with Crippen LogP contribution in [0.4, 0.5) is 13.2 Å². The number of benzene rings is 1. The first kappa shape index (κ1) is 19.3. The van der Waals surface area contributed by atoms with Crippen LogP contribution in [-0.2, 0) is 12.8 Å². The molecular weight excluding hydrogens is 383 g/mol. The van der Waals surface area contributed by atoms with Crippen molar-refractivity contribution in [3.63, 3.8) is 0 Å². The van der Waals surface area contributed by atoms with Gasteiger partial charge in [0.25, 0.3) is 0 Å². The van der Waals surface area contributed by atoms with Gasteiger partial charge in [-0.1, -0.05) is 6.42 Å². The zero-order valence-corrected chi connectivity index (χ0v) is 15.8. The summed E-state index contributed by atoms with van der Waals surface area (Å²) in [5, 5.41) is 0. The summed E-state index contributed by atoms with van der Waals surface area (Å²) in [4.78, 5) is 11.7. The number of nitrogens with one attached hydrogen (secondary N) is 1. The van der Waals surface area contributed by atoms with Crippen LogP contribution in [0.15, 0.2) is 42.7 Å². The fourth-order valence-corrected chi connectivity index (χ4v) is 3.16. The Bertz CT molecular complexity index is 980. The molecule has 3 aromatic rings. The molecule has 29 heavy (non-hydrogen) atoms. The molecule has 1 fully saturated rings. The van der Waals surface area contributed by atoms with E-state index in [0.29, 0.717) is 23.1 Å². The van der Waals surface area contributed by atoms with Crippen molar-refractivity contribution in [3.8, 4) is 22.8 Å². The lowest BCUT2D eigenvalue weighted by atomic mass is 9.85. The summed E-state index contributed by atoms with van der Waals surface area (Å²) in [5.74, 6) is 2.54. The number of imidazole rings is 1. The van der Waals surface area contributed by atoms with Gasteiger partial charge in [-0.3, -0.25) is 4.98 Å². The first-order chi connectivity index (χ1) is 13.9. The lowest BCUT2D eigenvalue weighted by molar-refractivity contribution is -0.137. The van der Waals surface area contributed by atoms with Crippen LogP contribution in [0.2, 0.25) is 0 Å². The number of hydrogen-bond acceptors (Lipinski definition) is 4. The van der Waals surface area contributed by atoms with E-state index in [2.05, 4.69) is 15.0 Å². The quantitative estimate of drug-likeness (QED) is 0.603. The van der Waals surface area contributed by atoms with E-state index in [0.717, 1.165) is 29.3 Å². The van der Waals surface area contributed by atoms with Gasteiger partial charge in [0.1, 0.15) is 12.4 Å². The number of pyridine rings is 1. The molecular formula is C21H20F3N3O2. The normalized spacial score (nSPS) is 14.5.